The van der Waals surface area contributed by atoms with E-state index in [0.717, 1.165) is 63.2 Å². The number of likely N-dealkylation sites (N-methyl/N-ethyl adjacent to an activating group) is 1. The van der Waals surface area contributed by atoms with Crippen LogP contribution in [-0.4, -0.2) is 83.6 Å². The number of anilines is 2. The highest BCUT2D eigenvalue weighted by Crippen LogP contribution is 2.32. The number of ether oxygens (including phenoxy) is 2. The first-order valence-electron chi connectivity index (χ1n) is 13.2. The van der Waals surface area contributed by atoms with Crippen LogP contribution in [0, 0.1) is 0 Å². The Hall–Kier alpha value is -3.08. The van der Waals surface area contributed by atoms with E-state index in [1.54, 1.807) is 48.9 Å². The maximum Gasteiger partial charge on any atom is 0.248 e. The van der Waals surface area contributed by atoms with Crippen LogP contribution in [0.1, 0.15) is 31.7 Å². The van der Waals surface area contributed by atoms with Gasteiger partial charge in [0, 0.05) is 57.0 Å². The van der Waals surface area contributed by atoms with Crippen molar-refractivity contribution in [1.82, 2.24) is 9.21 Å². The number of carbonyl (C=O) groups excluding carboxylic acids is 1. The Balaban J connectivity index is 1.61. The molecule has 0 radical (unpaired) electrons. The molecule has 10 heteroatoms. The number of rotatable bonds is 9. The molecule has 0 unspecified atom stereocenters. The number of hydrogen-bond acceptors (Lipinski definition) is 7. The third-order valence-corrected chi connectivity index (χ3v) is 9.09. The number of methoxy groups -OCH3 is 2. The number of sulfonamides is 1. The van der Waals surface area contributed by atoms with Gasteiger partial charge in [-0.05, 0) is 55.8 Å². The number of piperidine rings is 1. The van der Waals surface area contributed by atoms with Crippen molar-refractivity contribution in [3.63, 3.8) is 0 Å². The number of amides is 1. The topological polar surface area (TPSA) is 91.4 Å². The van der Waals surface area contributed by atoms with Crippen LogP contribution in [0.3, 0.4) is 0 Å². The highest BCUT2D eigenvalue weighted by atomic mass is 32.2. The lowest BCUT2D eigenvalue weighted by Gasteiger charge is -2.36. The van der Waals surface area contributed by atoms with E-state index in [-0.39, 0.29) is 10.8 Å². The van der Waals surface area contributed by atoms with Crippen molar-refractivity contribution < 1.29 is 22.7 Å². The molecule has 2 fully saturated rings. The highest BCUT2D eigenvalue weighted by molar-refractivity contribution is 7.89. The van der Waals surface area contributed by atoms with Crippen LogP contribution in [0.5, 0.6) is 11.5 Å². The zero-order valence-electron chi connectivity index (χ0n) is 22.5. The van der Waals surface area contributed by atoms with Crippen LogP contribution in [0.2, 0.25) is 0 Å². The number of carbonyl (C=O) groups is 1. The predicted octanol–water partition coefficient (Wildman–Crippen LogP) is 3.67. The van der Waals surface area contributed by atoms with Gasteiger partial charge < -0.3 is 24.6 Å². The Bertz CT molecular complexity index is 1250. The Labute approximate surface area is 226 Å². The molecule has 4 rings (SSSR count). The molecule has 2 aliphatic heterocycles. The highest BCUT2D eigenvalue weighted by Gasteiger charge is 2.28. The summed E-state index contributed by atoms with van der Waals surface area (Å²) in [6.45, 7) is 7.61. The minimum atomic E-state index is -3.64. The van der Waals surface area contributed by atoms with Crippen LogP contribution in [0.15, 0.2) is 47.4 Å². The standard InChI is InChI=1S/C28H38N4O5S/c1-4-30-16-18-31(19-17-30)26-12-11-24(38(34,35)32-14-6-5-7-15-32)21-25(26)29-28(33)13-9-22-8-10-23(36-2)20-27(22)37-3/h8-13,20-21H,4-7,14-19H2,1-3H3,(H,29,33). The lowest BCUT2D eigenvalue weighted by Crippen LogP contribution is -2.46. The first-order valence-corrected chi connectivity index (χ1v) is 14.6. The summed E-state index contributed by atoms with van der Waals surface area (Å²) in [5, 5.41) is 2.95. The third kappa shape index (κ3) is 6.48. The van der Waals surface area contributed by atoms with Gasteiger partial charge in [0.05, 0.1) is 30.5 Å². The fourth-order valence-corrected chi connectivity index (χ4v) is 6.45. The number of piperazine rings is 1. The van der Waals surface area contributed by atoms with Gasteiger partial charge in [-0.1, -0.05) is 13.3 Å². The van der Waals surface area contributed by atoms with E-state index < -0.39 is 10.0 Å². The normalized spacial score (nSPS) is 17.5. The van der Waals surface area contributed by atoms with Crippen molar-refractivity contribution in [2.24, 2.45) is 0 Å². The van der Waals surface area contributed by atoms with Gasteiger partial charge in [-0.25, -0.2) is 8.42 Å². The van der Waals surface area contributed by atoms with E-state index in [4.69, 9.17) is 9.47 Å². The van der Waals surface area contributed by atoms with Crippen LogP contribution in [-0.2, 0) is 14.8 Å². The van der Waals surface area contributed by atoms with Crippen molar-refractivity contribution in [3.05, 3.63) is 48.0 Å². The summed E-state index contributed by atoms with van der Waals surface area (Å²) in [4.78, 5) is 17.8. The number of nitrogens with one attached hydrogen (secondary N) is 1. The van der Waals surface area contributed by atoms with Gasteiger partial charge in [0.25, 0.3) is 0 Å². The van der Waals surface area contributed by atoms with Crippen LogP contribution in [0.4, 0.5) is 11.4 Å². The van der Waals surface area contributed by atoms with Crippen molar-refractivity contribution in [3.8, 4) is 11.5 Å². The van der Waals surface area contributed by atoms with Crippen molar-refractivity contribution in [2.45, 2.75) is 31.1 Å². The molecule has 0 bridgehead atoms. The summed E-state index contributed by atoms with van der Waals surface area (Å²) in [7, 11) is -0.502. The predicted molar refractivity (Wildman–Crippen MR) is 151 cm³/mol. The molecular formula is C28H38N4O5S. The Morgan fingerprint density at radius 1 is 0.947 bits per heavy atom. The van der Waals surface area contributed by atoms with Crippen molar-refractivity contribution >= 4 is 33.4 Å². The second-order valence-electron chi connectivity index (χ2n) is 9.50. The fourth-order valence-electron chi connectivity index (χ4n) is 4.91. The first kappa shape index (κ1) is 27.9. The summed E-state index contributed by atoms with van der Waals surface area (Å²) in [6.07, 6.45) is 5.86. The molecule has 0 aliphatic carbocycles. The second-order valence-corrected chi connectivity index (χ2v) is 11.4. The molecule has 2 aromatic carbocycles. The third-order valence-electron chi connectivity index (χ3n) is 7.19. The van der Waals surface area contributed by atoms with Gasteiger partial charge in [-0.15, -0.1) is 0 Å². The monoisotopic (exact) mass is 542 g/mol. The zero-order valence-corrected chi connectivity index (χ0v) is 23.3. The zero-order chi connectivity index (χ0) is 27.1. The van der Waals surface area contributed by atoms with Gasteiger partial charge in [0.1, 0.15) is 11.5 Å². The van der Waals surface area contributed by atoms with E-state index in [1.807, 2.05) is 12.1 Å². The molecule has 1 amide bonds. The number of benzene rings is 2. The molecular weight excluding hydrogens is 504 g/mol. The Morgan fingerprint density at radius 3 is 2.34 bits per heavy atom. The van der Waals surface area contributed by atoms with Crippen LogP contribution < -0.4 is 19.7 Å². The van der Waals surface area contributed by atoms with Gasteiger partial charge in [-0.2, -0.15) is 4.31 Å². The SMILES string of the molecule is CCN1CCN(c2ccc(S(=O)(=O)N3CCCCC3)cc2NC(=O)C=Cc2ccc(OC)cc2OC)CC1. The van der Waals surface area contributed by atoms with E-state index in [1.165, 1.54) is 6.08 Å². The minimum Gasteiger partial charge on any atom is -0.497 e. The first-order chi connectivity index (χ1) is 18.3. The molecule has 9 nitrogen and oxygen atoms in total. The molecule has 0 aromatic heterocycles. The smallest absolute Gasteiger partial charge is 0.248 e. The van der Waals surface area contributed by atoms with Gasteiger partial charge in [0.2, 0.25) is 15.9 Å². The molecule has 0 spiro atoms. The van der Waals surface area contributed by atoms with Crippen molar-refractivity contribution in [2.75, 3.05) is 70.2 Å². The van der Waals surface area contributed by atoms with Crippen LogP contribution in [0.25, 0.3) is 6.08 Å². The van der Waals surface area contributed by atoms with Gasteiger partial charge >= 0.3 is 0 Å². The Kier molecular flexibility index (Phi) is 9.30. The van der Waals surface area contributed by atoms with E-state index in [0.29, 0.717) is 30.3 Å². The second kappa shape index (κ2) is 12.6. The molecule has 2 heterocycles. The largest absolute Gasteiger partial charge is 0.497 e. The average molecular weight is 543 g/mol. The molecule has 2 saturated heterocycles. The molecule has 2 aliphatic rings. The lowest BCUT2D eigenvalue weighted by molar-refractivity contribution is -0.111. The quantitative estimate of drug-likeness (QED) is 0.484. The number of nitrogens with zero attached hydrogens (tertiary/aromatic N) is 3. The summed E-state index contributed by atoms with van der Waals surface area (Å²) >= 11 is 0. The van der Waals surface area contributed by atoms with Crippen LogP contribution >= 0.6 is 0 Å². The Morgan fingerprint density at radius 2 is 1.68 bits per heavy atom. The van der Waals surface area contributed by atoms with Gasteiger partial charge in [-0.3, -0.25) is 4.79 Å². The minimum absolute atomic E-state index is 0.200. The molecule has 0 atom stereocenters. The molecule has 0 saturated carbocycles. The molecule has 206 valence electrons. The maximum atomic E-state index is 13.4. The molecule has 38 heavy (non-hydrogen) atoms. The average Bonchev–Trinajstić information content (AvgIpc) is 2.96. The fraction of sp³-hybridized carbons (Fsp3) is 0.464. The molecule has 1 N–H and O–H groups in total. The van der Waals surface area contributed by atoms with Gasteiger partial charge in [0.15, 0.2) is 0 Å². The summed E-state index contributed by atoms with van der Waals surface area (Å²) in [5.41, 5.74) is 2.03. The van der Waals surface area contributed by atoms with E-state index in [9.17, 15) is 13.2 Å². The van der Waals surface area contributed by atoms with Crippen molar-refractivity contribution in [1.29, 1.82) is 0 Å². The maximum absolute atomic E-state index is 13.4. The summed E-state index contributed by atoms with van der Waals surface area (Å²) < 4.78 is 39.0. The molecule has 2 aromatic rings. The summed E-state index contributed by atoms with van der Waals surface area (Å²) in [6, 6.07) is 10.4. The lowest BCUT2D eigenvalue weighted by atomic mass is 10.1. The van der Waals surface area contributed by atoms with E-state index in [2.05, 4.69) is 22.0 Å². The summed E-state index contributed by atoms with van der Waals surface area (Å²) in [5.74, 6) is 0.879. The number of hydrogen-bond donors (Lipinski definition) is 1. The van der Waals surface area contributed by atoms with E-state index >= 15 is 0 Å².